The Morgan fingerprint density at radius 1 is 1.38 bits per heavy atom. The largest absolute Gasteiger partial charge is 0.103 e. The summed E-state index contributed by atoms with van der Waals surface area (Å²) in [5, 5.41) is 0. The summed E-state index contributed by atoms with van der Waals surface area (Å²) in [7, 11) is 0. The van der Waals surface area contributed by atoms with Gasteiger partial charge in [0.15, 0.2) is 0 Å². The summed E-state index contributed by atoms with van der Waals surface area (Å²) < 4.78 is 0. The van der Waals surface area contributed by atoms with Gasteiger partial charge in [-0.2, -0.15) is 0 Å². The Balaban J connectivity index is 2.27. The summed E-state index contributed by atoms with van der Waals surface area (Å²) in [6, 6.07) is 6.64. The summed E-state index contributed by atoms with van der Waals surface area (Å²) in [6.07, 6.45) is 7.74. The van der Waals surface area contributed by atoms with Crippen molar-refractivity contribution in [1.82, 2.24) is 0 Å². The molecule has 1 aliphatic rings. The number of rotatable bonds is 4. The molecule has 1 aromatic rings. The molecule has 0 N–H and O–H groups in total. The average Bonchev–Trinajstić information content (AvgIpc) is 2.60. The van der Waals surface area contributed by atoms with Crippen LogP contribution in [0.4, 0.5) is 0 Å². The lowest BCUT2D eigenvalue weighted by atomic mass is 10.0. The van der Waals surface area contributed by atoms with Crippen molar-refractivity contribution in [3.63, 3.8) is 0 Å². The minimum absolute atomic E-state index is 0.753. The fraction of sp³-hybridized carbons (Fsp3) is 0.375. The molecule has 1 aromatic carbocycles. The summed E-state index contributed by atoms with van der Waals surface area (Å²) in [6.45, 7) is 8.40. The van der Waals surface area contributed by atoms with E-state index in [1.54, 1.807) is 5.57 Å². The van der Waals surface area contributed by atoms with Crippen LogP contribution in [0.3, 0.4) is 0 Å². The zero-order valence-electron chi connectivity index (χ0n) is 10.3. The first-order chi connectivity index (χ1) is 7.70. The highest BCUT2D eigenvalue weighted by Gasteiger charge is 2.15. The first-order valence-corrected chi connectivity index (χ1v) is 6.12. The van der Waals surface area contributed by atoms with E-state index < -0.39 is 0 Å². The van der Waals surface area contributed by atoms with Gasteiger partial charge in [-0.3, -0.25) is 0 Å². The highest BCUT2D eigenvalue weighted by Crippen LogP contribution is 2.31. The van der Waals surface area contributed by atoms with Crippen LogP contribution >= 0.6 is 0 Å². The molecule has 0 saturated heterocycles. The van der Waals surface area contributed by atoms with Crippen molar-refractivity contribution in [2.75, 3.05) is 0 Å². The van der Waals surface area contributed by atoms with Crippen molar-refractivity contribution in [3.05, 3.63) is 53.1 Å². The normalized spacial score (nSPS) is 13.8. The van der Waals surface area contributed by atoms with Gasteiger partial charge in [-0.25, -0.2) is 0 Å². The molecule has 0 heterocycles. The lowest BCUT2D eigenvalue weighted by Gasteiger charge is -2.05. The molecule has 0 amide bonds. The fourth-order valence-corrected chi connectivity index (χ4v) is 2.49. The van der Waals surface area contributed by atoms with Crippen LogP contribution in [0.25, 0.3) is 6.08 Å². The number of hydrogen-bond donors (Lipinski definition) is 0. The molecular weight excluding hydrogens is 192 g/mol. The van der Waals surface area contributed by atoms with Gasteiger partial charge in [0, 0.05) is 0 Å². The highest BCUT2D eigenvalue weighted by molar-refractivity contribution is 5.67. The smallest absolute Gasteiger partial charge is 0.00576 e. The lowest BCUT2D eigenvalue weighted by Crippen LogP contribution is -1.92. The molecular formula is C16H20. The molecule has 0 fully saturated rings. The minimum atomic E-state index is 0.753. The van der Waals surface area contributed by atoms with Gasteiger partial charge < -0.3 is 0 Å². The van der Waals surface area contributed by atoms with Crippen LogP contribution in [0.5, 0.6) is 0 Å². The van der Waals surface area contributed by atoms with Gasteiger partial charge in [-0.15, -0.1) is 6.58 Å². The van der Waals surface area contributed by atoms with Gasteiger partial charge in [0.25, 0.3) is 0 Å². The molecule has 0 saturated carbocycles. The molecule has 0 atom stereocenters. The van der Waals surface area contributed by atoms with Crippen LogP contribution in [0.2, 0.25) is 0 Å². The van der Waals surface area contributed by atoms with Crippen LogP contribution in [-0.4, -0.2) is 0 Å². The zero-order valence-corrected chi connectivity index (χ0v) is 10.3. The molecule has 2 rings (SSSR count). The molecule has 0 aliphatic heterocycles. The number of fused-ring (bicyclic) bond motifs is 1. The maximum atomic E-state index is 3.83. The molecule has 0 radical (unpaired) electrons. The van der Waals surface area contributed by atoms with Crippen molar-refractivity contribution >= 4 is 6.08 Å². The molecule has 0 unspecified atom stereocenters. The Morgan fingerprint density at radius 2 is 2.19 bits per heavy atom. The predicted octanol–water partition coefficient (Wildman–Crippen LogP) is 4.40. The highest BCUT2D eigenvalue weighted by atomic mass is 14.2. The third-order valence-corrected chi connectivity index (χ3v) is 3.09. The SMILES string of the molecule is C=CCc1cccc2c1C=C(CC(C)C)C2. The molecule has 0 spiro atoms. The summed E-state index contributed by atoms with van der Waals surface area (Å²) in [5.74, 6) is 0.753. The summed E-state index contributed by atoms with van der Waals surface area (Å²) in [4.78, 5) is 0. The Morgan fingerprint density at radius 3 is 2.88 bits per heavy atom. The van der Waals surface area contributed by atoms with Crippen molar-refractivity contribution in [2.24, 2.45) is 5.92 Å². The number of allylic oxidation sites excluding steroid dienone is 2. The first-order valence-electron chi connectivity index (χ1n) is 6.12. The Bertz CT molecular complexity index is 422. The maximum Gasteiger partial charge on any atom is -0.00576 e. The van der Waals surface area contributed by atoms with Crippen LogP contribution in [0, 0.1) is 5.92 Å². The van der Waals surface area contributed by atoms with Gasteiger partial charge in [0.1, 0.15) is 0 Å². The Kier molecular flexibility index (Phi) is 3.28. The topological polar surface area (TPSA) is 0 Å². The van der Waals surface area contributed by atoms with E-state index >= 15 is 0 Å². The van der Waals surface area contributed by atoms with Gasteiger partial charge >= 0.3 is 0 Å². The third kappa shape index (κ3) is 2.27. The molecule has 0 bridgehead atoms. The quantitative estimate of drug-likeness (QED) is 0.649. The molecule has 1 aliphatic carbocycles. The molecule has 16 heavy (non-hydrogen) atoms. The second-order valence-electron chi connectivity index (χ2n) is 5.06. The summed E-state index contributed by atoms with van der Waals surface area (Å²) in [5.41, 5.74) is 5.96. The zero-order chi connectivity index (χ0) is 11.5. The van der Waals surface area contributed by atoms with Crippen molar-refractivity contribution < 1.29 is 0 Å². The minimum Gasteiger partial charge on any atom is -0.103 e. The van der Waals surface area contributed by atoms with Crippen molar-refractivity contribution in [2.45, 2.75) is 33.1 Å². The van der Waals surface area contributed by atoms with Gasteiger partial charge in [-0.1, -0.05) is 49.8 Å². The Hall–Kier alpha value is -1.30. The second-order valence-corrected chi connectivity index (χ2v) is 5.06. The van der Waals surface area contributed by atoms with Crippen LogP contribution in [-0.2, 0) is 12.8 Å². The molecule has 0 nitrogen and oxygen atoms in total. The lowest BCUT2D eigenvalue weighted by molar-refractivity contribution is 0.638. The Labute approximate surface area is 98.7 Å². The van der Waals surface area contributed by atoms with Crippen molar-refractivity contribution in [1.29, 1.82) is 0 Å². The van der Waals surface area contributed by atoms with Crippen molar-refractivity contribution in [3.8, 4) is 0 Å². The van der Waals surface area contributed by atoms with Gasteiger partial charge in [-0.05, 0) is 41.9 Å². The van der Waals surface area contributed by atoms with Crippen LogP contribution < -0.4 is 0 Å². The third-order valence-electron chi connectivity index (χ3n) is 3.09. The standard InChI is InChI=1S/C16H20/c1-4-6-14-7-5-8-15-10-13(9-12(2)3)11-16(14)15/h4-5,7-8,11-12H,1,6,9-10H2,2-3H3. The van der Waals surface area contributed by atoms with Gasteiger partial charge in [0.05, 0.1) is 0 Å². The van der Waals surface area contributed by atoms with E-state index in [2.05, 4.69) is 44.7 Å². The number of benzene rings is 1. The maximum absolute atomic E-state index is 3.83. The molecule has 84 valence electrons. The van der Waals surface area contributed by atoms with E-state index in [4.69, 9.17) is 0 Å². The van der Waals surface area contributed by atoms with Gasteiger partial charge in [0.2, 0.25) is 0 Å². The van der Waals surface area contributed by atoms with E-state index in [9.17, 15) is 0 Å². The molecule has 0 aromatic heterocycles. The fourth-order valence-electron chi connectivity index (χ4n) is 2.49. The van der Waals surface area contributed by atoms with Crippen LogP contribution in [0.15, 0.2) is 36.4 Å². The predicted molar refractivity (Wildman–Crippen MR) is 71.5 cm³/mol. The van der Waals surface area contributed by atoms with E-state index in [-0.39, 0.29) is 0 Å². The summed E-state index contributed by atoms with van der Waals surface area (Å²) >= 11 is 0. The first kappa shape index (κ1) is 11.2. The number of hydrogen-bond acceptors (Lipinski definition) is 0. The monoisotopic (exact) mass is 212 g/mol. The van der Waals surface area contributed by atoms with E-state index in [1.807, 2.05) is 6.08 Å². The second kappa shape index (κ2) is 4.69. The molecule has 0 heteroatoms. The van der Waals surface area contributed by atoms with Crippen LogP contribution in [0.1, 0.15) is 37.0 Å². The van der Waals surface area contributed by atoms with E-state index in [0.29, 0.717) is 0 Å². The van der Waals surface area contributed by atoms with E-state index in [0.717, 1.165) is 18.8 Å². The average molecular weight is 212 g/mol. The van der Waals surface area contributed by atoms with E-state index in [1.165, 1.54) is 23.1 Å².